The molecule has 8 nitrogen and oxygen atoms in total. The van der Waals surface area contributed by atoms with Crippen molar-refractivity contribution in [3.63, 3.8) is 0 Å². The third-order valence-corrected chi connectivity index (χ3v) is 4.47. The molecule has 0 bridgehead atoms. The first-order valence-corrected chi connectivity index (χ1v) is 8.71. The summed E-state index contributed by atoms with van der Waals surface area (Å²) >= 11 is 0. The van der Waals surface area contributed by atoms with Gasteiger partial charge in [0.05, 0.1) is 17.9 Å². The molecule has 2 heterocycles. The van der Waals surface area contributed by atoms with Gasteiger partial charge in [-0.05, 0) is 17.7 Å². The molecule has 9 heteroatoms. The van der Waals surface area contributed by atoms with Crippen LogP contribution in [-0.4, -0.2) is 23.5 Å². The van der Waals surface area contributed by atoms with Crippen LogP contribution in [-0.2, 0) is 22.3 Å². The van der Waals surface area contributed by atoms with Gasteiger partial charge in [0.1, 0.15) is 0 Å². The zero-order chi connectivity index (χ0) is 17.0. The van der Waals surface area contributed by atoms with Crippen LogP contribution < -0.4 is 10.3 Å². The number of rotatable bonds is 6. The fraction of sp³-hybridized carbons (Fsp3) is 0.133. The van der Waals surface area contributed by atoms with E-state index in [1.54, 1.807) is 36.4 Å². The number of sulfonamides is 1. The van der Waals surface area contributed by atoms with E-state index >= 15 is 0 Å². The first-order valence-electron chi connectivity index (χ1n) is 7.05. The zero-order valence-electron chi connectivity index (χ0n) is 12.5. The molecule has 0 fully saturated rings. The number of benzene rings is 1. The number of hydrogen-bond acceptors (Lipinski definition) is 6. The average Bonchev–Trinajstić information content (AvgIpc) is 3.03. The highest BCUT2D eigenvalue weighted by atomic mass is 32.2. The molecule has 0 aliphatic heterocycles. The van der Waals surface area contributed by atoms with E-state index in [0.717, 1.165) is 0 Å². The number of hydrogen-bond donors (Lipinski definition) is 2. The number of H-pyrrole nitrogens is 1. The van der Waals surface area contributed by atoms with Gasteiger partial charge >= 0.3 is 0 Å². The average molecular weight is 346 g/mol. The van der Waals surface area contributed by atoms with Crippen LogP contribution in [0.1, 0.15) is 11.5 Å². The van der Waals surface area contributed by atoms with Crippen LogP contribution in [0.5, 0.6) is 0 Å². The summed E-state index contributed by atoms with van der Waals surface area (Å²) in [6.45, 7) is -0.146. The van der Waals surface area contributed by atoms with E-state index in [4.69, 9.17) is 4.52 Å². The van der Waals surface area contributed by atoms with Crippen LogP contribution in [0, 0.1) is 0 Å². The summed E-state index contributed by atoms with van der Waals surface area (Å²) in [6.07, 6.45) is 1.49. The Labute approximate surface area is 137 Å². The minimum atomic E-state index is -3.54. The van der Waals surface area contributed by atoms with E-state index in [-0.39, 0.29) is 35.1 Å². The van der Waals surface area contributed by atoms with Crippen LogP contribution in [0.3, 0.4) is 0 Å². The predicted molar refractivity (Wildman–Crippen MR) is 86.3 cm³/mol. The second kappa shape index (κ2) is 6.77. The van der Waals surface area contributed by atoms with Crippen molar-refractivity contribution < 1.29 is 12.9 Å². The van der Waals surface area contributed by atoms with Crippen molar-refractivity contribution in [2.45, 2.75) is 12.3 Å². The van der Waals surface area contributed by atoms with E-state index < -0.39 is 10.0 Å². The van der Waals surface area contributed by atoms with E-state index in [1.807, 2.05) is 6.07 Å². The Bertz CT molecular complexity index is 980. The molecule has 0 radical (unpaired) electrons. The molecule has 0 aliphatic rings. The smallest absolute Gasteiger partial charge is 0.259 e. The number of aromatic nitrogens is 3. The Morgan fingerprint density at radius 1 is 1.12 bits per heavy atom. The Hall–Kier alpha value is -2.78. The van der Waals surface area contributed by atoms with Gasteiger partial charge < -0.3 is 9.51 Å². The molecule has 3 rings (SSSR count). The van der Waals surface area contributed by atoms with Crippen molar-refractivity contribution in [3.05, 3.63) is 70.5 Å². The highest BCUT2D eigenvalue weighted by Gasteiger charge is 2.15. The summed E-state index contributed by atoms with van der Waals surface area (Å²) < 4.78 is 31.5. The number of nitrogens with zero attached hydrogens (tertiary/aromatic N) is 2. The van der Waals surface area contributed by atoms with Gasteiger partial charge in [-0.1, -0.05) is 35.5 Å². The van der Waals surface area contributed by atoms with Gasteiger partial charge in [-0.15, -0.1) is 0 Å². The lowest BCUT2D eigenvalue weighted by atomic mass is 10.2. The van der Waals surface area contributed by atoms with Crippen molar-refractivity contribution in [2.75, 3.05) is 0 Å². The fourth-order valence-corrected chi connectivity index (χ4v) is 3.13. The summed E-state index contributed by atoms with van der Waals surface area (Å²) in [5.74, 6) is 0.0340. The minimum absolute atomic E-state index is 0.0740. The summed E-state index contributed by atoms with van der Waals surface area (Å²) in [6, 6.07) is 12.0. The van der Waals surface area contributed by atoms with Gasteiger partial charge in [-0.3, -0.25) is 4.79 Å². The second-order valence-electron chi connectivity index (χ2n) is 4.99. The maximum atomic E-state index is 12.0. The fourth-order valence-electron chi connectivity index (χ4n) is 2.05. The maximum absolute atomic E-state index is 12.0. The summed E-state index contributed by atoms with van der Waals surface area (Å²) in [4.78, 5) is 18.2. The molecule has 0 aliphatic carbocycles. The summed E-state index contributed by atoms with van der Waals surface area (Å²) in [7, 11) is -3.54. The SMILES string of the molecule is O=c1[nH]cccc1-c1noc(CNS(=O)(=O)Cc2ccccc2)n1. The Kier molecular flexibility index (Phi) is 4.54. The standard InChI is InChI=1S/C15H14N4O4S/c20-15-12(7-4-8-16-15)14-18-13(23-19-14)9-17-24(21,22)10-11-5-2-1-3-6-11/h1-8,17H,9-10H2,(H,16,20). The minimum Gasteiger partial charge on any atom is -0.338 e. The largest absolute Gasteiger partial charge is 0.338 e. The molecule has 0 saturated heterocycles. The van der Waals surface area contributed by atoms with Crippen LogP contribution in [0.2, 0.25) is 0 Å². The van der Waals surface area contributed by atoms with Crippen molar-refractivity contribution in [3.8, 4) is 11.4 Å². The van der Waals surface area contributed by atoms with Crippen LogP contribution in [0.25, 0.3) is 11.4 Å². The summed E-state index contributed by atoms with van der Waals surface area (Å²) in [5, 5.41) is 3.69. The lowest BCUT2D eigenvalue weighted by molar-refractivity contribution is 0.376. The second-order valence-corrected chi connectivity index (χ2v) is 6.80. The first-order chi connectivity index (χ1) is 11.5. The molecule has 2 N–H and O–H groups in total. The molecule has 0 amide bonds. The molecular weight excluding hydrogens is 332 g/mol. The van der Waals surface area contributed by atoms with Gasteiger partial charge in [-0.25, -0.2) is 13.1 Å². The number of pyridine rings is 1. The molecular formula is C15H14N4O4S. The molecule has 2 aromatic heterocycles. The van der Waals surface area contributed by atoms with Crippen LogP contribution >= 0.6 is 0 Å². The molecule has 0 spiro atoms. The molecule has 0 saturated carbocycles. The third kappa shape index (κ3) is 3.94. The lowest BCUT2D eigenvalue weighted by Gasteiger charge is -2.04. The maximum Gasteiger partial charge on any atom is 0.259 e. The van der Waals surface area contributed by atoms with Crippen molar-refractivity contribution in [1.82, 2.24) is 19.8 Å². The zero-order valence-corrected chi connectivity index (χ0v) is 13.3. The number of aromatic amines is 1. The molecule has 1 aromatic carbocycles. The Balaban J connectivity index is 1.67. The van der Waals surface area contributed by atoms with E-state index in [0.29, 0.717) is 5.56 Å². The first kappa shape index (κ1) is 16.1. The van der Waals surface area contributed by atoms with Gasteiger partial charge in [0.2, 0.25) is 21.7 Å². The van der Waals surface area contributed by atoms with E-state index in [9.17, 15) is 13.2 Å². The monoisotopic (exact) mass is 346 g/mol. The van der Waals surface area contributed by atoms with Crippen molar-refractivity contribution >= 4 is 10.0 Å². The quantitative estimate of drug-likeness (QED) is 0.688. The van der Waals surface area contributed by atoms with Crippen molar-refractivity contribution in [1.29, 1.82) is 0 Å². The van der Waals surface area contributed by atoms with E-state index in [2.05, 4.69) is 19.8 Å². The van der Waals surface area contributed by atoms with Crippen LogP contribution in [0.4, 0.5) is 0 Å². The Morgan fingerprint density at radius 3 is 2.67 bits per heavy atom. The van der Waals surface area contributed by atoms with E-state index in [1.165, 1.54) is 6.20 Å². The molecule has 124 valence electrons. The predicted octanol–water partition coefficient (Wildman–Crippen LogP) is 1.04. The van der Waals surface area contributed by atoms with Gasteiger partial charge in [-0.2, -0.15) is 4.98 Å². The normalized spacial score (nSPS) is 11.5. The van der Waals surface area contributed by atoms with Gasteiger partial charge in [0.25, 0.3) is 5.56 Å². The highest BCUT2D eigenvalue weighted by Crippen LogP contribution is 2.10. The number of nitrogens with one attached hydrogen (secondary N) is 2. The van der Waals surface area contributed by atoms with Crippen molar-refractivity contribution in [2.24, 2.45) is 0 Å². The Morgan fingerprint density at radius 2 is 1.92 bits per heavy atom. The van der Waals surface area contributed by atoms with Gasteiger partial charge in [0, 0.05) is 6.20 Å². The lowest BCUT2D eigenvalue weighted by Crippen LogP contribution is -2.24. The van der Waals surface area contributed by atoms with Crippen LogP contribution in [0.15, 0.2) is 58.0 Å². The topological polar surface area (TPSA) is 118 Å². The third-order valence-electron chi connectivity index (χ3n) is 3.17. The highest BCUT2D eigenvalue weighted by molar-refractivity contribution is 7.88. The molecule has 0 unspecified atom stereocenters. The summed E-state index contributed by atoms with van der Waals surface area (Å²) in [5.41, 5.74) is 0.571. The molecule has 0 atom stereocenters. The molecule has 24 heavy (non-hydrogen) atoms. The van der Waals surface area contributed by atoms with Gasteiger partial charge in [0.15, 0.2) is 0 Å². The molecule has 3 aromatic rings.